The van der Waals surface area contributed by atoms with Crippen LogP contribution in [0.1, 0.15) is 21.5 Å². The van der Waals surface area contributed by atoms with E-state index in [9.17, 15) is 14.0 Å². The Labute approximate surface area is 178 Å². The summed E-state index contributed by atoms with van der Waals surface area (Å²) in [5.74, 6) is -0.692. The molecule has 0 unspecified atom stereocenters. The summed E-state index contributed by atoms with van der Waals surface area (Å²) in [4.78, 5) is 24.7. The molecule has 0 saturated heterocycles. The van der Waals surface area contributed by atoms with Gasteiger partial charge in [-0.15, -0.1) is 0 Å². The average Bonchev–Trinajstić information content (AvgIpc) is 2.70. The molecule has 0 aliphatic carbocycles. The number of hydrogen-bond acceptors (Lipinski definition) is 3. The van der Waals surface area contributed by atoms with Crippen LogP contribution in [0.15, 0.2) is 60.7 Å². The SMILES string of the molecule is Cc1ccc(OCC(=O)Nc2cccc(C(=O)Nc3ccc(F)c(Cl)c3)c2)c(C)c1. The van der Waals surface area contributed by atoms with Gasteiger partial charge in [0, 0.05) is 16.9 Å². The Hall–Kier alpha value is -3.38. The van der Waals surface area contributed by atoms with Crippen LogP contribution in [0.5, 0.6) is 5.75 Å². The molecular weight excluding hydrogens is 407 g/mol. The maximum absolute atomic E-state index is 13.2. The van der Waals surface area contributed by atoms with Gasteiger partial charge in [0.15, 0.2) is 6.61 Å². The molecule has 3 aromatic rings. The van der Waals surface area contributed by atoms with Crippen molar-refractivity contribution in [2.45, 2.75) is 13.8 Å². The number of carbonyl (C=O) groups excluding carboxylic acids is 2. The summed E-state index contributed by atoms with van der Waals surface area (Å²) in [5.41, 5.74) is 3.20. The van der Waals surface area contributed by atoms with E-state index in [0.29, 0.717) is 22.7 Å². The maximum atomic E-state index is 13.2. The van der Waals surface area contributed by atoms with Crippen molar-refractivity contribution in [3.63, 3.8) is 0 Å². The van der Waals surface area contributed by atoms with Gasteiger partial charge in [-0.2, -0.15) is 0 Å². The second kappa shape index (κ2) is 9.41. The van der Waals surface area contributed by atoms with E-state index in [1.54, 1.807) is 18.2 Å². The summed E-state index contributed by atoms with van der Waals surface area (Å²) >= 11 is 5.73. The first kappa shape index (κ1) is 21.3. The molecule has 0 aliphatic rings. The summed E-state index contributed by atoms with van der Waals surface area (Å²) in [6.45, 7) is 3.74. The first-order valence-electron chi connectivity index (χ1n) is 9.18. The second-order valence-electron chi connectivity index (χ2n) is 6.77. The van der Waals surface area contributed by atoms with E-state index in [1.165, 1.54) is 24.3 Å². The first-order chi connectivity index (χ1) is 14.3. The molecular formula is C23H20ClFN2O3. The molecule has 30 heavy (non-hydrogen) atoms. The molecule has 0 bridgehead atoms. The largest absolute Gasteiger partial charge is 0.483 e. The third kappa shape index (κ3) is 5.58. The molecule has 0 radical (unpaired) electrons. The smallest absolute Gasteiger partial charge is 0.262 e. The van der Waals surface area contributed by atoms with Crippen LogP contribution >= 0.6 is 11.6 Å². The summed E-state index contributed by atoms with van der Waals surface area (Å²) in [5, 5.41) is 5.26. The lowest BCUT2D eigenvalue weighted by Crippen LogP contribution is -2.21. The Kier molecular flexibility index (Phi) is 6.69. The summed E-state index contributed by atoms with van der Waals surface area (Å²) < 4.78 is 18.8. The van der Waals surface area contributed by atoms with Crippen molar-refractivity contribution in [2.24, 2.45) is 0 Å². The molecule has 0 heterocycles. The zero-order valence-electron chi connectivity index (χ0n) is 16.5. The molecule has 154 valence electrons. The highest BCUT2D eigenvalue weighted by molar-refractivity contribution is 6.31. The first-order valence-corrected chi connectivity index (χ1v) is 9.56. The van der Waals surface area contributed by atoms with Crippen LogP contribution < -0.4 is 15.4 Å². The van der Waals surface area contributed by atoms with Gasteiger partial charge < -0.3 is 15.4 Å². The molecule has 0 aliphatic heterocycles. The van der Waals surface area contributed by atoms with Crippen LogP contribution in [0.4, 0.5) is 15.8 Å². The van der Waals surface area contributed by atoms with Crippen LogP contribution in [0.25, 0.3) is 0 Å². The van der Waals surface area contributed by atoms with Gasteiger partial charge in [-0.25, -0.2) is 4.39 Å². The predicted octanol–water partition coefficient (Wildman–Crippen LogP) is 5.37. The monoisotopic (exact) mass is 426 g/mol. The standard InChI is InChI=1S/C23H20ClFN2O3/c1-14-6-9-21(15(2)10-14)30-13-22(28)26-17-5-3-4-16(11-17)23(29)27-18-7-8-20(25)19(24)12-18/h3-12H,13H2,1-2H3,(H,26,28)(H,27,29). The molecule has 3 rings (SSSR count). The number of nitrogens with one attached hydrogen (secondary N) is 2. The number of rotatable bonds is 6. The number of ether oxygens (including phenoxy) is 1. The normalized spacial score (nSPS) is 10.4. The molecule has 2 N–H and O–H groups in total. The van der Waals surface area contributed by atoms with E-state index >= 15 is 0 Å². The van der Waals surface area contributed by atoms with Crippen molar-refractivity contribution in [3.8, 4) is 5.75 Å². The van der Waals surface area contributed by atoms with Crippen molar-refractivity contribution in [3.05, 3.63) is 88.2 Å². The fourth-order valence-electron chi connectivity index (χ4n) is 2.82. The number of aryl methyl sites for hydroxylation is 2. The second-order valence-corrected chi connectivity index (χ2v) is 7.18. The minimum atomic E-state index is -0.567. The zero-order chi connectivity index (χ0) is 21.7. The summed E-state index contributed by atoms with van der Waals surface area (Å²) in [6, 6.07) is 16.1. The minimum absolute atomic E-state index is 0.0855. The minimum Gasteiger partial charge on any atom is -0.483 e. The van der Waals surface area contributed by atoms with Gasteiger partial charge in [-0.05, 0) is 61.9 Å². The van der Waals surface area contributed by atoms with Crippen LogP contribution in [-0.2, 0) is 4.79 Å². The highest BCUT2D eigenvalue weighted by Crippen LogP contribution is 2.21. The van der Waals surface area contributed by atoms with E-state index in [2.05, 4.69) is 10.6 Å². The van der Waals surface area contributed by atoms with Gasteiger partial charge in [-0.1, -0.05) is 35.4 Å². The van der Waals surface area contributed by atoms with Gasteiger partial charge in [-0.3, -0.25) is 9.59 Å². The van der Waals surface area contributed by atoms with Gasteiger partial charge in [0.2, 0.25) is 0 Å². The third-order valence-electron chi connectivity index (χ3n) is 4.28. The van der Waals surface area contributed by atoms with E-state index in [4.69, 9.17) is 16.3 Å². The van der Waals surface area contributed by atoms with E-state index < -0.39 is 11.7 Å². The number of carbonyl (C=O) groups is 2. The molecule has 0 spiro atoms. The van der Waals surface area contributed by atoms with Crippen molar-refractivity contribution in [1.82, 2.24) is 0 Å². The summed E-state index contributed by atoms with van der Waals surface area (Å²) in [6.07, 6.45) is 0. The maximum Gasteiger partial charge on any atom is 0.262 e. The lowest BCUT2D eigenvalue weighted by Gasteiger charge is -2.11. The fraction of sp³-hybridized carbons (Fsp3) is 0.130. The average molecular weight is 427 g/mol. The fourth-order valence-corrected chi connectivity index (χ4v) is 3.00. The Morgan fingerprint density at radius 2 is 1.73 bits per heavy atom. The number of hydrogen-bond donors (Lipinski definition) is 2. The van der Waals surface area contributed by atoms with Gasteiger partial charge in [0.25, 0.3) is 11.8 Å². The molecule has 5 nitrogen and oxygen atoms in total. The molecule has 0 fully saturated rings. The van der Waals surface area contributed by atoms with Crippen LogP contribution in [0, 0.1) is 19.7 Å². The topological polar surface area (TPSA) is 67.4 Å². The van der Waals surface area contributed by atoms with E-state index in [1.807, 2.05) is 32.0 Å². The number of anilines is 2. The lowest BCUT2D eigenvalue weighted by molar-refractivity contribution is -0.118. The zero-order valence-corrected chi connectivity index (χ0v) is 17.2. The molecule has 0 saturated carbocycles. The van der Waals surface area contributed by atoms with Gasteiger partial charge in [0.1, 0.15) is 11.6 Å². The summed E-state index contributed by atoms with van der Waals surface area (Å²) in [7, 11) is 0. The Morgan fingerprint density at radius 1 is 0.967 bits per heavy atom. The molecule has 0 aromatic heterocycles. The highest BCUT2D eigenvalue weighted by atomic mass is 35.5. The molecule has 3 aromatic carbocycles. The van der Waals surface area contributed by atoms with Crippen LogP contribution in [0.2, 0.25) is 5.02 Å². The predicted molar refractivity (Wildman–Crippen MR) is 116 cm³/mol. The van der Waals surface area contributed by atoms with Gasteiger partial charge >= 0.3 is 0 Å². The molecule has 2 amide bonds. The van der Waals surface area contributed by atoms with Gasteiger partial charge in [0.05, 0.1) is 5.02 Å². The highest BCUT2D eigenvalue weighted by Gasteiger charge is 2.11. The van der Waals surface area contributed by atoms with E-state index in [-0.39, 0.29) is 17.5 Å². The Morgan fingerprint density at radius 3 is 2.47 bits per heavy atom. The van der Waals surface area contributed by atoms with Crippen molar-refractivity contribution >= 4 is 34.8 Å². The Balaban J connectivity index is 1.60. The lowest BCUT2D eigenvalue weighted by atomic mass is 10.1. The number of halogens is 2. The van der Waals surface area contributed by atoms with Crippen molar-refractivity contribution < 1.29 is 18.7 Å². The molecule has 0 atom stereocenters. The van der Waals surface area contributed by atoms with Crippen molar-refractivity contribution in [2.75, 3.05) is 17.2 Å². The number of amides is 2. The quantitative estimate of drug-likeness (QED) is 0.557. The third-order valence-corrected chi connectivity index (χ3v) is 4.56. The van der Waals surface area contributed by atoms with E-state index in [0.717, 1.165) is 11.1 Å². The van der Waals surface area contributed by atoms with Crippen LogP contribution in [-0.4, -0.2) is 18.4 Å². The van der Waals surface area contributed by atoms with Crippen LogP contribution in [0.3, 0.4) is 0 Å². The molecule has 7 heteroatoms. The van der Waals surface area contributed by atoms with Crippen molar-refractivity contribution in [1.29, 1.82) is 0 Å². The number of benzene rings is 3. The Bertz CT molecular complexity index is 1100.